The SMILES string of the molecule is COc1ccc(C(=O)Nc2ncccc2O)cc1S(=O)(=O)NC(C)C. The van der Waals surface area contributed by atoms with E-state index in [4.69, 9.17) is 4.74 Å². The normalized spacial score (nSPS) is 11.4. The fraction of sp³-hybridized carbons (Fsp3) is 0.250. The van der Waals surface area contributed by atoms with Gasteiger partial charge in [-0.3, -0.25) is 4.79 Å². The maximum absolute atomic E-state index is 12.4. The predicted molar refractivity (Wildman–Crippen MR) is 92.3 cm³/mol. The number of hydrogen-bond acceptors (Lipinski definition) is 6. The second-order valence-electron chi connectivity index (χ2n) is 5.47. The summed E-state index contributed by atoms with van der Waals surface area (Å²) in [5.41, 5.74) is 0.0787. The minimum atomic E-state index is -3.86. The van der Waals surface area contributed by atoms with E-state index in [-0.39, 0.29) is 33.8 Å². The van der Waals surface area contributed by atoms with Gasteiger partial charge in [0.2, 0.25) is 10.0 Å². The Morgan fingerprint density at radius 2 is 2.00 bits per heavy atom. The zero-order valence-corrected chi connectivity index (χ0v) is 14.8. The summed E-state index contributed by atoms with van der Waals surface area (Å²) in [4.78, 5) is 16.0. The van der Waals surface area contributed by atoms with Crippen molar-refractivity contribution in [1.82, 2.24) is 9.71 Å². The van der Waals surface area contributed by atoms with Gasteiger partial charge >= 0.3 is 0 Å². The fourth-order valence-corrected chi connectivity index (χ4v) is 3.52. The molecule has 0 spiro atoms. The predicted octanol–water partition coefficient (Wildman–Crippen LogP) is 1.73. The fourth-order valence-electron chi connectivity index (χ4n) is 2.07. The number of amides is 1. The Kier molecular flexibility index (Phi) is 5.60. The van der Waals surface area contributed by atoms with E-state index in [2.05, 4.69) is 15.0 Å². The molecule has 0 saturated heterocycles. The summed E-state index contributed by atoms with van der Waals surface area (Å²) in [5, 5.41) is 12.1. The number of nitrogens with zero attached hydrogens (tertiary/aromatic N) is 1. The third-order valence-corrected chi connectivity index (χ3v) is 4.80. The van der Waals surface area contributed by atoms with Gasteiger partial charge in [0.25, 0.3) is 5.91 Å². The van der Waals surface area contributed by atoms with Crippen LogP contribution in [0, 0.1) is 0 Å². The number of carbonyl (C=O) groups is 1. The molecule has 1 aromatic carbocycles. The molecule has 1 amide bonds. The molecule has 0 atom stereocenters. The number of aromatic nitrogens is 1. The van der Waals surface area contributed by atoms with Crippen molar-refractivity contribution >= 4 is 21.7 Å². The highest BCUT2D eigenvalue weighted by Crippen LogP contribution is 2.26. The van der Waals surface area contributed by atoms with Crippen molar-refractivity contribution in [2.45, 2.75) is 24.8 Å². The second-order valence-corrected chi connectivity index (χ2v) is 7.15. The topological polar surface area (TPSA) is 118 Å². The molecule has 25 heavy (non-hydrogen) atoms. The van der Waals surface area contributed by atoms with Crippen LogP contribution in [0.2, 0.25) is 0 Å². The summed E-state index contributed by atoms with van der Waals surface area (Å²) >= 11 is 0. The van der Waals surface area contributed by atoms with Crippen LogP contribution in [0.1, 0.15) is 24.2 Å². The van der Waals surface area contributed by atoms with Crippen LogP contribution in [-0.2, 0) is 10.0 Å². The summed E-state index contributed by atoms with van der Waals surface area (Å²) in [6, 6.07) is 6.58. The number of sulfonamides is 1. The molecule has 0 bridgehead atoms. The molecule has 2 rings (SSSR count). The van der Waals surface area contributed by atoms with E-state index in [1.165, 1.54) is 43.6 Å². The lowest BCUT2D eigenvalue weighted by molar-refractivity contribution is 0.102. The van der Waals surface area contributed by atoms with Crippen molar-refractivity contribution in [3.05, 3.63) is 42.1 Å². The van der Waals surface area contributed by atoms with Gasteiger partial charge in [0.1, 0.15) is 10.6 Å². The van der Waals surface area contributed by atoms with Crippen molar-refractivity contribution in [2.75, 3.05) is 12.4 Å². The molecular formula is C16H19N3O5S. The average Bonchev–Trinajstić information content (AvgIpc) is 2.55. The number of pyridine rings is 1. The molecule has 1 aromatic heterocycles. The molecule has 134 valence electrons. The van der Waals surface area contributed by atoms with E-state index in [1.807, 2.05) is 0 Å². The lowest BCUT2D eigenvalue weighted by atomic mass is 10.2. The van der Waals surface area contributed by atoms with Crippen LogP contribution in [0.15, 0.2) is 41.4 Å². The first-order valence-electron chi connectivity index (χ1n) is 7.40. The number of aromatic hydroxyl groups is 1. The zero-order valence-electron chi connectivity index (χ0n) is 14.0. The van der Waals surface area contributed by atoms with Crippen molar-refractivity contribution in [3.63, 3.8) is 0 Å². The summed E-state index contributed by atoms with van der Waals surface area (Å²) in [6.07, 6.45) is 1.41. The van der Waals surface area contributed by atoms with Crippen LogP contribution < -0.4 is 14.8 Å². The lowest BCUT2D eigenvalue weighted by Gasteiger charge is -2.14. The maximum Gasteiger partial charge on any atom is 0.256 e. The number of nitrogens with one attached hydrogen (secondary N) is 2. The average molecular weight is 365 g/mol. The Morgan fingerprint density at radius 3 is 2.60 bits per heavy atom. The minimum absolute atomic E-state index is 0.0203. The quantitative estimate of drug-likeness (QED) is 0.718. The Labute approximate surface area is 145 Å². The van der Waals surface area contributed by atoms with Crippen molar-refractivity contribution in [3.8, 4) is 11.5 Å². The molecule has 2 aromatic rings. The first kappa shape index (κ1) is 18.7. The van der Waals surface area contributed by atoms with Crippen LogP contribution in [0.3, 0.4) is 0 Å². The van der Waals surface area contributed by atoms with Gasteiger partial charge in [-0.25, -0.2) is 18.1 Å². The van der Waals surface area contributed by atoms with Crippen LogP contribution in [0.5, 0.6) is 11.5 Å². The van der Waals surface area contributed by atoms with E-state index in [0.717, 1.165) is 0 Å². The van der Waals surface area contributed by atoms with Gasteiger partial charge in [-0.15, -0.1) is 0 Å². The third kappa shape index (κ3) is 4.46. The summed E-state index contributed by atoms with van der Waals surface area (Å²) in [6.45, 7) is 3.37. The number of hydrogen-bond donors (Lipinski definition) is 3. The molecular weight excluding hydrogens is 346 g/mol. The monoisotopic (exact) mass is 365 g/mol. The highest BCUT2D eigenvalue weighted by molar-refractivity contribution is 7.89. The number of anilines is 1. The van der Waals surface area contributed by atoms with Gasteiger partial charge in [0.05, 0.1) is 7.11 Å². The summed E-state index contributed by atoms with van der Waals surface area (Å²) < 4.78 is 32.4. The third-order valence-electron chi connectivity index (χ3n) is 3.12. The second kappa shape index (κ2) is 7.49. The van der Waals surface area contributed by atoms with E-state index < -0.39 is 15.9 Å². The van der Waals surface area contributed by atoms with Gasteiger partial charge < -0.3 is 15.2 Å². The van der Waals surface area contributed by atoms with E-state index in [9.17, 15) is 18.3 Å². The van der Waals surface area contributed by atoms with Crippen LogP contribution >= 0.6 is 0 Å². The molecule has 9 heteroatoms. The van der Waals surface area contributed by atoms with E-state index >= 15 is 0 Å². The smallest absolute Gasteiger partial charge is 0.256 e. The molecule has 0 aliphatic heterocycles. The number of benzene rings is 1. The van der Waals surface area contributed by atoms with E-state index in [1.54, 1.807) is 13.8 Å². The highest BCUT2D eigenvalue weighted by Gasteiger charge is 2.22. The van der Waals surface area contributed by atoms with E-state index in [0.29, 0.717) is 0 Å². The Hall–Kier alpha value is -2.65. The number of methoxy groups -OCH3 is 1. The molecule has 0 saturated carbocycles. The lowest BCUT2D eigenvalue weighted by Crippen LogP contribution is -2.30. The molecule has 0 fully saturated rings. The Morgan fingerprint density at radius 1 is 1.28 bits per heavy atom. The highest BCUT2D eigenvalue weighted by atomic mass is 32.2. The zero-order chi connectivity index (χ0) is 18.6. The Bertz CT molecular complexity index is 881. The van der Waals surface area contributed by atoms with Crippen LogP contribution in [0.25, 0.3) is 0 Å². The van der Waals surface area contributed by atoms with Gasteiger partial charge in [-0.05, 0) is 44.2 Å². The van der Waals surface area contributed by atoms with Gasteiger partial charge in [0, 0.05) is 17.8 Å². The number of ether oxygens (including phenoxy) is 1. The van der Waals surface area contributed by atoms with Crippen LogP contribution in [-0.4, -0.2) is 37.6 Å². The molecule has 0 radical (unpaired) electrons. The molecule has 0 aliphatic rings. The Balaban J connectivity index is 2.38. The molecule has 3 N–H and O–H groups in total. The van der Waals surface area contributed by atoms with Crippen LogP contribution in [0.4, 0.5) is 5.82 Å². The number of carbonyl (C=O) groups excluding carboxylic acids is 1. The minimum Gasteiger partial charge on any atom is -0.504 e. The largest absolute Gasteiger partial charge is 0.504 e. The standard InChI is InChI=1S/C16H19N3O5S/c1-10(2)19-25(22,23)14-9-11(6-7-13(14)24-3)16(21)18-15-12(20)5-4-8-17-15/h4-10,19-20H,1-3H3,(H,17,18,21). The summed E-state index contributed by atoms with van der Waals surface area (Å²) in [5.74, 6) is -0.713. The first-order valence-corrected chi connectivity index (χ1v) is 8.88. The van der Waals surface area contributed by atoms with Gasteiger partial charge in [0.15, 0.2) is 11.6 Å². The molecule has 1 heterocycles. The van der Waals surface area contributed by atoms with Crippen molar-refractivity contribution < 1.29 is 23.1 Å². The summed E-state index contributed by atoms with van der Waals surface area (Å²) in [7, 11) is -2.52. The molecule has 0 aliphatic carbocycles. The van der Waals surface area contributed by atoms with Crippen molar-refractivity contribution in [1.29, 1.82) is 0 Å². The molecule has 8 nitrogen and oxygen atoms in total. The van der Waals surface area contributed by atoms with Crippen molar-refractivity contribution in [2.24, 2.45) is 0 Å². The van der Waals surface area contributed by atoms with Gasteiger partial charge in [-0.2, -0.15) is 0 Å². The first-order chi connectivity index (χ1) is 11.7. The maximum atomic E-state index is 12.4. The van der Waals surface area contributed by atoms with Gasteiger partial charge in [-0.1, -0.05) is 0 Å². The molecule has 0 unspecified atom stereocenters. The number of rotatable bonds is 6.